The van der Waals surface area contributed by atoms with Crippen LogP contribution in [0.25, 0.3) is 10.7 Å². The maximum absolute atomic E-state index is 5.77. The molecule has 0 amide bonds. The molecule has 0 aliphatic carbocycles. The number of rotatable bonds is 7. The van der Waals surface area contributed by atoms with Crippen molar-refractivity contribution in [2.45, 2.75) is 5.16 Å². The third kappa shape index (κ3) is 3.68. The number of ether oxygens (including phenoxy) is 2. The number of methoxy groups -OCH3 is 1. The lowest BCUT2D eigenvalue weighted by Gasteiger charge is -2.09. The van der Waals surface area contributed by atoms with E-state index in [0.717, 1.165) is 33.1 Å². The first kappa shape index (κ1) is 15.9. The van der Waals surface area contributed by atoms with Crippen LogP contribution in [0.15, 0.2) is 46.9 Å². The van der Waals surface area contributed by atoms with Crippen molar-refractivity contribution in [1.82, 2.24) is 14.8 Å². The van der Waals surface area contributed by atoms with Crippen LogP contribution < -0.4 is 9.47 Å². The van der Waals surface area contributed by atoms with Crippen LogP contribution in [-0.2, 0) is 7.05 Å². The summed E-state index contributed by atoms with van der Waals surface area (Å²) in [4.78, 5) is 1.12. The molecule has 0 saturated carbocycles. The molecular weight excluding hydrogens is 330 g/mol. The molecule has 0 fully saturated rings. The molecule has 0 atom stereocenters. The summed E-state index contributed by atoms with van der Waals surface area (Å²) in [5.74, 6) is 3.19. The third-order valence-corrected chi connectivity index (χ3v) is 5.07. The van der Waals surface area contributed by atoms with E-state index in [1.807, 2.05) is 53.4 Å². The molecule has 7 heteroatoms. The number of hydrogen-bond acceptors (Lipinski definition) is 6. The van der Waals surface area contributed by atoms with E-state index in [1.165, 1.54) is 0 Å². The van der Waals surface area contributed by atoms with Crippen LogP contribution in [0.4, 0.5) is 0 Å². The number of thiophene rings is 1. The van der Waals surface area contributed by atoms with Gasteiger partial charge in [0, 0.05) is 12.8 Å². The van der Waals surface area contributed by atoms with Crippen LogP contribution in [0.5, 0.6) is 11.5 Å². The fraction of sp³-hybridized carbons (Fsp3) is 0.250. The summed E-state index contributed by atoms with van der Waals surface area (Å²) in [7, 11) is 3.63. The lowest BCUT2D eigenvalue weighted by atomic mass is 10.3. The summed E-state index contributed by atoms with van der Waals surface area (Å²) in [6.07, 6.45) is 0. The van der Waals surface area contributed by atoms with Gasteiger partial charge in [-0.3, -0.25) is 0 Å². The summed E-state index contributed by atoms with van der Waals surface area (Å²) in [6, 6.07) is 11.7. The van der Waals surface area contributed by atoms with Gasteiger partial charge in [0.1, 0.15) is 0 Å². The van der Waals surface area contributed by atoms with Gasteiger partial charge in [-0.25, -0.2) is 0 Å². The standard InChI is InChI=1S/C16H17N3O2S2/c1-19-15(14-8-5-10-22-14)17-18-16(19)23-11-9-21-13-7-4-3-6-12(13)20-2/h3-8,10H,9,11H2,1-2H3. The highest BCUT2D eigenvalue weighted by Crippen LogP contribution is 2.27. The van der Waals surface area contributed by atoms with Gasteiger partial charge in [0.05, 0.1) is 18.6 Å². The monoisotopic (exact) mass is 347 g/mol. The summed E-state index contributed by atoms with van der Waals surface area (Å²) < 4.78 is 13.0. The van der Waals surface area contributed by atoms with Crippen LogP contribution >= 0.6 is 23.1 Å². The zero-order valence-corrected chi connectivity index (χ0v) is 14.6. The van der Waals surface area contributed by atoms with Crippen molar-refractivity contribution in [3.8, 4) is 22.2 Å². The van der Waals surface area contributed by atoms with E-state index < -0.39 is 0 Å². The number of benzene rings is 1. The highest BCUT2D eigenvalue weighted by atomic mass is 32.2. The number of aromatic nitrogens is 3. The topological polar surface area (TPSA) is 49.2 Å². The molecule has 0 radical (unpaired) electrons. The molecule has 0 bridgehead atoms. The molecule has 3 aromatic rings. The Kier molecular flexibility index (Phi) is 5.19. The largest absolute Gasteiger partial charge is 0.493 e. The van der Waals surface area contributed by atoms with E-state index in [-0.39, 0.29) is 0 Å². The van der Waals surface area contributed by atoms with Crippen LogP contribution in [0.2, 0.25) is 0 Å². The van der Waals surface area contributed by atoms with Gasteiger partial charge < -0.3 is 14.0 Å². The van der Waals surface area contributed by atoms with Crippen LogP contribution in [0.3, 0.4) is 0 Å². The van der Waals surface area contributed by atoms with Crippen molar-refractivity contribution >= 4 is 23.1 Å². The summed E-state index contributed by atoms with van der Waals surface area (Å²) in [5.41, 5.74) is 0. The van der Waals surface area contributed by atoms with Gasteiger partial charge in [-0.2, -0.15) is 0 Å². The predicted octanol–water partition coefficient (Wildman–Crippen LogP) is 3.72. The molecule has 0 spiro atoms. The minimum atomic E-state index is 0.576. The maximum Gasteiger partial charge on any atom is 0.191 e. The van der Waals surface area contributed by atoms with E-state index in [2.05, 4.69) is 10.2 Å². The number of nitrogens with zero attached hydrogens (tertiary/aromatic N) is 3. The second-order valence-corrected chi connectivity index (χ2v) is 6.70. The summed E-state index contributed by atoms with van der Waals surface area (Å²) in [5, 5.41) is 11.4. The van der Waals surface area contributed by atoms with Crippen molar-refractivity contribution in [3.63, 3.8) is 0 Å². The van der Waals surface area contributed by atoms with E-state index in [4.69, 9.17) is 9.47 Å². The first-order chi connectivity index (χ1) is 11.3. The van der Waals surface area contributed by atoms with E-state index >= 15 is 0 Å². The molecule has 120 valence electrons. The zero-order chi connectivity index (χ0) is 16.1. The number of thioether (sulfide) groups is 1. The Morgan fingerprint density at radius 2 is 1.96 bits per heavy atom. The Morgan fingerprint density at radius 1 is 1.13 bits per heavy atom. The fourth-order valence-electron chi connectivity index (χ4n) is 2.08. The quantitative estimate of drug-likeness (QED) is 0.481. The molecule has 2 heterocycles. The molecule has 5 nitrogen and oxygen atoms in total. The second-order valence-electron chi connectivity index (χ2n) is 4.69. The zero-order valence-electron chi connectivity index (χ0n) is 12.9. The molecule has 0 aliphatic rings. The van der Waals surface area contributed by atoms with Crippen molar-refractivity contribution in [2.75, 3.05) is 19.5 Å². The summed E-state index contributed by atoms with van der Waals surface area (Å²) in [6.45, 7) is 0.576. The normalized spacial score (nSPS) is 10.7. The molecule has 1 aromatic carbocycles. The number of para-hydroxylation sites is 2. The van der Waals surface area contributed by atoms with Crippen LogP contribution in [0.1, 0.15) is 0 Å². The van der Waals surface area contributed by atoms with Crippen molar-refractivity contribution in [1.29, 1.82) is 0 Å². The lowest BCUT2D eigenvalue weighted by molar-refractivity contribution is 0.313. The predicted molar refractivity (Wildman–Crippen MR) is 93.5 cm³/mol. The van der Waals surface area contributed by atoms with Crippen molar-refractivity contribution in [2.24, 2.45) is 7.05 Å². The molecule has 23 heavy (non-hydrogen) atoms. The van der Waals surface area contributed by atoms with Crippen molar-refractivity contribution < 1.29 is 9.47 Å². The molecule has 0 unspecified atom stereocenters. The second kappa shape index (κ2) is 7.52. The van der Waals surface area contributed by atoms with Gasteiger partial charge >= 0.3 is 0 Å². The smallest absolute Gasteiger partial charge is 0.191 e. The SMILES string of the molecule is COc1ccccc1OCCSc1nnc(-c2cccs2)n1C. The van der Waals surface area contributed by atoms with Gasteiger partial charge in [-0.15, -0.1) is 21.5 Å². The fourth-order valence-corrected chi connectivity index (χ4v) is 3.56. The van der Waals surface area contributed by atoms with Gasteiger partial charge in [0.15, 0.2) is 22.5 Å². The van der Waals surface area contributed by atoms with E-state index in [9.17, 15) is 0 Å². The molecular formula is C16H17N3O2S2. The van der Waals surface area contributed by atoms with Gasteiger partial charge in [-0.1, -0.05) is 30.0 Å². The maximum atomic E-state index is 5.77. The first-order valence-corrected chi connectivity index (χ1v) is 8.98. The van der Waals surface area contributed by atoms with Crippen LogP contribution in [0, 0.1) is 0 Å². The van der Waals surface area contributed by atoms with Gasteiger partial charge in [0.2, 0.25) is 0 Å². The molecule has 0 aliphatic heterocycles. The Morgan fingerprint density at radius 3 is 2.70 bits per heavy atom. The van der Waals surface area contributed by atoms with Crippen molar-refractivity contribution in [3.05, 3.63) is 41.8 Å². The van der Waals surface area contributed by atoms with E-state index in [1.54, 1.807) is 30.2 Å². The third-order valence-electron chi connectivity index (χ3n) is 3.22. The summed E-state index contributed by atoms with van der Waals surface area (Å²) >= 11 is 3.29. The molecule has 2 aromatic heterocycles. The highest BCUT2D eigenvalue weighted by Gasteiger charge is 2.12. The molecule has 0 saturated heterocycles. The average Bonchev–Trinajstić information content (AvgIpc) is 3.22. The van der Waals surface area contributed by atoms with Gasteiger partial charge in [-0.05, 0) is 23.6 Å². The minimum absolute atomic E-state index is 0.576. The molecule has 3 rings (SSSR count). The lowest BCUT2D eigenvalue weighted by Crippen LogP contribution is -2.03. The first-order valence-electron chi connectivity index (χ1n) is 7.11. The number of hydrogen-bond donors (Lipinski definition) is 0. The average molecular weight is 347 g/mol. The minimum Gasteiger partial charge on any atom is -0.493 e. The van der Waals surface area contributed by atoms with Crippen LogP contribution in [-0.4, -0.2) is 34.2 Å². The molecule has 0 N–H and O–H groups in total. The van der Waals surface area contributed by atoms with E-state index in [0.29, 0.717) is 6.61 Å². The van der Waals surface area contributed by atoms with Gasteiger partial charge in [0.25, 0.3) is 0 Å². The Labute approximate surface area is 143 Å². The highest BCUT2D eigenvalue weighted by molar-refractivity contribution is 7.99. The Hall–Kier alpha value is -1.99. The Bertz CT molecular complexity index is 757. The Balaban J connectivity index is 1.55.